The van der Waals surface area contributed by atoms with Gasteiger partial charge in [-0.3, -0.25) is 9.59 Å². The van der Waals surface area contributed by atoms with E-state index in [4.69, 9.17) is 14.2 Å². The van der Waals surface area contributed by atoms with Crippen molar-refractivity contribution in [1.29, 1.82) is 0 Å². The number of esters is 2. The van der Waals surface area contributed by atoms with Crippen molar-refractivity contribution in [3.8, 4) is 17.2 Å². The lowest BCUT2D eigenvalue weighted by Crippen LogP contribution is -2.42. The van der Waals surface area contributed by atoms with E-state index in [0.29, 0.717) is 0 Å². The monoisotopic (exact) mass is 733 g/mol. The van der Waals surface area contributed by atoms with Crippen LogP contribution in [0.4, 0.5) is 0 Å². The average molecular weight is 734 g/mol. The summed E-state index contributed by atoms with van der Waals surface area (Å²) in [5, 5.41) is 21.8. The average Bonchev–Trinajstić information content (AvgIpc) is 3.41. The molecule has 0 saturated heterocycles. The fraction of sp³-hybridized carbons (Fsp3) is 0.523. The molecule has 9 nitrogen and oxygen atoms in total. The fourth-order valence-corrected chi connectivity index (χ4v) is 5.90. The molecule has 1 aromatic carbocycles. The number of hydrogen-bond donors (Lipinski definition) is 2. The maximum absolute atomic E-state index is 13.4. The Labute approximate surface area is 317 Å². The van der Waals surface area contributed by atoms with Crippen LogP contribution in [0.2, 0.25) is 0 Å². The SMILES string of the molecule is COC(=O)[C@H](CCC(=O)OC/C=C(\C)CC/C=C(\C)CCC=C(C)C)N1Cc2c(cc(O)c(OC/C=C(\C)CC/C=C(\C)CCC=C(C)C)c2O)C1=O. The fourth-order valence-electron chi connectivity index (χ4n) is 5.90. The predicted octanol–water partition coefficient (Wildman–Crippen LogP) is 10.1. The van der Waals surface area contributed by atoms with Crippen LogP contribution in [0.25, 0.3) is 0 Å². The summed E-state index contributed by atoms with van der Waals surface area (Å²) < 4.78 is 16.1. The molecule has 0 aromatic heterocycles. The quantitative estimate of drug-likeness (QED) is 0.0892. The van der Waals surface area contributed by atoms with Crippen molar-refractivity contribution in [2.45, 2.75) is 132 Å². The van der Waals surface area contributed by atoms with Crippen molar-refractivity contribution in [3.05, 3.63) is 87.1 Å². The molecule has 0 saturated carbocycles. The van der Waals surface area contributed by atoms with Gasteiger partial charge in [-0.2, -0.15) is 0 Å². The van der Waals surface area contributed by atoms with E-state index in [0.717, 1.165) is 62.5 Å². The second kappa shape index (κ2) is 23.2. The molecule has 1 aliphatic rings. The lowest BCUT2D eigenvalue weighted by atomic mass is 10.1. The maximum atomic E-state index is 13.4. The Morgan fingerprint density at radius 3 is 1.74 bits per heavy atom. The van der Waals surface area contributed by atoms with E-state index >= 15 is 0 Å². The Bertz CT molecular complexity index is 1600. The van der Waals surface area contributed by atoms with Gasteiger partial charge >= 0.3 is 11.9 Å². The number of methoxy groups -OCH3 is 1. The van der Waals surface area contributed by atoms with Crippen LogP contribution in [0.5, 0.6) is 17.2 Å². The number of fused-ring (bicyclic) bond motifs is 1. The molecule has 1 aromatic rings. The normalized spacial score (nSPS) is 14.1. The van der Waals surface area contributed by atoms with E-state index < -0.39 is 23.9 Å². The summed E-state index contributed by atoms with van der Waals surface area (Å²) in [4.78, 5) is 40.1. The molecule has 0 radical (unpaired) electrons. The Hall–Kier alpha value is -4.53. The van der Waals surface area contributed by atoms with Crippen LogP contribution in [0.3, 0.4) is 0 Å². The Balaban J connectivity index is 1.95. The van der Waals surface area contributed by atoms with E-state index in [1.165, 1.54) is 40.4 Å². The zero-order valence-electron chi connectivity index (χ0n) is 33.6. The topological polar surface area (TPSA) is 123 Å². The molecule has 1 atom stereocenters. The number of carbonyl (C=O) groups is 3. The third-order valence-corrected chi connectivity index (χ3v) is 9.21. The number of rotatable bonds is 22. The van der Waals surface area contributed by atoms with Gasteiger partial charge in [0.15, 0.2) is 11.5 Å². The number of ether oxygens (including phenoxy) is 3. The summed E-state index contributed by atoms with van der Waals surface area (Å²) in [6, 6.07) is 0.142. The summed E-state index contributed by atoms with van der Waals surface area (Å²) in [6.07, 6.45) is 20.3. The molecule has 2 rings (SSSR count). The lowest BCUT2D eigenvalue weighted by molar-refractivity contribution is -0.147. The highest BCUT2D eigenvalue weighted by atomic mass is 16.5. The Morgan fingerprint density at radius 2 is 1.23 bits per heavy atom. The maximum Gasteiger partial charge on any atom is 0.328 e. The first kappa shape index (κ1) is 44.6. The molecule has 0 unspecified atom stereocenters. The van der Waals surface area contributed by atoms with Crippen LogP contribution >= 0.6 is 0 Å². The van der Waals surface area contributed by atoms with Crippen LogP contribution in [-0.2, 0) is 25.6 Å². The largest absolute Gasteiger partial charge is 0.504 e. The van der Waals surface area contributed by atoms with Gasteiger partial charge < -0.3 is 29.3 Å². The van der Waals surface area contributed by atoms with Gasteiger partial charge in [0.25, 0.3) is 5.91 Å². The van der Waals surface area contributed by atoms with Crippen molar-refractivity contribution in [3.63, 3.8) is 0 Å². The highest BCUT2D eigenvalue weighted by molar-refractivity contribution is 6.02. The van der Waals surface area contributed by atoms with Crippen LogP contribution in [-0.4, -0.2) is 59.3 Å². The van der Waals surface area contributed by atoms with Gasteiger partial charge in [0.1, 0.15) is 19.3 Å². The summed E-state index contributed by atoms with van der Waals surface area (Å²) in [5.41, 5.74) is 7.87. The molecular weight excluding hydrogens is 670 g/mol. The van der Waals surface area contributed by atoms with Crippen molar-refractivity contribution in [1.82, 2.24) is 4.90 Å². The van der Waals surface area contributed by atoms with Crippen molar-refractivity contribution >= 4 is 17.8 Å². The molecule has 0 spiro atoms. The molecule has 292 valence electrons. The number of allylic oxidation sites excluding steroid dienone is 10. The van der Waals surface area contributed by atoms with Gasteiger partial charge in [0, 0.05) is 12.0 Å². The molecule has 9 heteroatoms. The van der Waals surface area contributed by atoms with Gasteiger partial charge in [-0.15, -0.1) is 0 Å². The number of carbonyl (C=O) groups excluding carboxylic acids is 3. The molecule has 53 heavy (non-hydrogen) atoms. The molecule has 1 amide bonds. The first-order valence-corrected chi connectivity index (χ1v) is 18.8. The highest BCUT2D eigenvalue weighted by Gasteiger charge is 2.40. The van der Waals surface area contributed by atoms with E-state index in [1.807, 2.05) is 26.0 Å². The Kier molecular flexibility index (Phi) is 19.5. The second-order valence-corrected chi connectivity index (χ2v) is 14.5. The van der Waals surface area contributed by atoms with Crippen molar-refractivity contribution in [2.75, 3.05) is 20.3 Å². The number of phenolic OH excluding ortho intramolecular Hbond substituents is 2. The zero-order chi connectivity index (χ0) is 39.5. The molecule has 0 aliphatic carbocycles. The third kappa shape index (κ3) is 15.9. The summed E-state index contributed by atoms with van der Waals surface area (Å²) in [6.45, 7) is 16.8. The number of nitrogens with zero attached hydrogens (tertiary/aromatic N) is 1. The summed E-state index contributed by atoms with van der Waals surface area (Å²) in [7, 11) is 1.21. The van der Waals surface area contributed by atoms with E-state index in [-0.39, 0.29) is 61.0 Å². The highest BCUT2D eigenvalue weighted by Crippen LogP contribution is 2.44. The number of hydrogen-bond acceptors (Lipinski definition) is 8. The minimum absolute atomic E-state index is 0.0326. The van der Waals surface area contributed by atoms with Crippen LogP contribution in [0.15, 0.2) is 76.0 Å². The van der Waals surface area contributed by atoms with Crippen molar-refractivity contribution in [2.24, 2.45) is 0 Å². The van der Waals surface area contributed by atoms with Crippen LogP contribution < -0.4 is 4.74 Å². The van der Waals surface area contributed by atoms with E-state index in [1.54, 1.807) is 0 Å². The van der Waals surface area contributed by atoms with Crippen molar-refractivity contribution < 1.29 is 38.8 Å². The van der Waals surface area contributed by atoms with E-state index in [9.17, 15) is 24.6 Å². The summed E-state index contributed by atoms with van der Waals surface area (Å²) in [5.74, 6) is -2.66. The third-order valence-electron chi connectivity index (χ3n) is 9.21. The molecule has 2 N–H and O–H groups in total. The minimum atomic E-state index is -1.10. The first-order chi connectivity index (χ1) is 25.1. The summed E-state index contributed by atoms with van der Waals surface area (Å²) >= 11 is 0. The predicted molar refractivity (Wildman–Crippen MR) is 212 cm³/mol. The van der Waals surface area contributed by atoms with Gasteiger partial charge in [0.2, 0.25) is 5.75 Å². The minimum Gasteiger partial charge on any atom is -0.504 e. The first-order valence-electron chi connectivity index (χ1n) is 18.8. The van der Waals surface area contributed by atoms with E-state index in [2.05, 4.69) is 65.8 Å². The molecule has 1 aliphatic heterocycles. The molecule has 0 bridgehead atoms. The smallest absolute Gasteiger partial charge is 0.328 e. The van der Waals surface area contributed by atoms with Gasteiger partial charge in [-0.05, 0) is 131 Å². The lowest BCUT2D eigenvalue weighted by Gasteiger charge is -2.25. The number of phenols is 2. The van der Waals surface area contributed by atoms with Crippen LogP contribution in [0.1, 0.15) is 136 Å². The van der Waals surface area contributed by atoms with Gasteiger partial charge in [-0.1, -0.05) is 57.7 Å². The standard InChI is InChI=1S/C44H63NO8/c1-30(2)14-10-16-32(5)18-12-20-34(7)24-26-52-40(47)23-22-38(44(50)51-9)45-29-37-36(43(45)49)28-39(46)42(41(37)48)53-27-25-35(8)21-13-19-33(6)17-11-15-31(3)4/h14-15,18-19,24-25,28,38,46,48H,10-13,16-17,20-23,26-27,29H2,1-9H3/b32-18+,33-19+,34-24+,35-25+/t38-/m0/s1. The molecular formula is C44H63NO8. The second-order valence-electron chi connectivity index (χ2n) is 14.5. The number of benzene rings is 1. The number of aromatic hydroxyl groups is 2. The van der Waals surface area contributed by atoms with Gasteiger partial charge in [-0.25, -0.2) is 4.79 Å². The number of amides is 1. The van der Waals surface area contributed by atoms with Gasteiger partial charge in [0.05, 0.1) is 19.2 Å². The molecule has 0 fully saturated rings. The molecule has 1 heterocycles. The zero-order valence-corrected chi connectivity index (χ0v) is 33.6. The Morgan fingerprint density at radius 1 is 0.736 bits per heavy atom. The van der Waals surface area contributed by atoms with Crippen LogP contribution in [0, 0.1) is 0 Å².